The number of amides is 1. The van der Waals surface area contributed by atoms with Crippen molar-refractivity contribution in [1.82, 2.24) is 19.3 Å². The lowest BCUT2D eigenvalue weighted by Gasteiger charge is -2.12. The highest BCUT2D eigenvalue weighted by atomic mass is 19.1. The summed E-state index contributed by atoms with van der Waals surface area (Å²) in [7, 11) is 0. The highest BCUT2D eigenvalue weighted by Gasteiger charge is 2.29. The summed E-state index contributed by atoms with van der Waals surface area (Å²) in [5.74, 6) is -0.0987. The van der Waals surface area contributed by atoms with Gasteiger partial charge in [-0.3, -0.25) is 18.6 Å². The highest BCUT2D eigenvalue weighted by Crippen LogP contribution is 2.32. The van der Waals surface area contributed by atoms with Gasteiger partial charge < -0.3 is 5.32 Å². The van der Waals surface area contributed by atoms with Gasteiger partial charge in [0.1, 0.15) is 11.5 Å². The molecule has 0 aliphatic heterocycles. The van der Waals surface area contributed by atoms with E-state index in [1.807, 2.05) is 26.8 Å². The van der Waals surface area contributed by atoms with Crippen molar-refractivity contribution in [2.45, 2.75) is 46.2 Å². The molecule has 0 saturated heterocycles. The number of hydrogen-bond acceptors (Lipinski definition) is 3. The number of halogens is 1. The minimum atomic E-state index is -0.343. The van der Waals surface area contributed by atoms with E-state index in [9.17, 15) is 14.0 Å². The number of hydrogen-bond donors (Lipinski definition) is 1. The normalized spacial score (nSPS) is 14.5. The van der Waals surface area contributed by atoms with Crippen LogP contribution in [0, 0.1) is 11.7 Å². The van der Waals surface area contributed by atoms with E-state index in [-0.39, 0.29) is 34.7 Å². The molecule has 1 aliphatic rings. The molecule has 0 bridgehead atoms. The predicted octanol–water partition coefficient (Wildman–Crippen LogP) is 3.80. The number of benzene rings is 1. The molecule has 1 N–H and O–H groups in total. The molecular formula is C23H25FN4O2. The molecule has 0 unspecified atom stereocenters. The number of nitrogens with one attached hydrogen (secondary N) is 1. The van der Waals surface area contributed by atoms with Crippen molar-refractivity contribution >= 4 is 11.6 Å². The molecule has 6 nitrogen and oxygen atoms in total. The smallest absolute Gasteiger partial charge is 0.295 e. The molecule has 2 aromatic heterocycles. The van der Waals surface area contributed by atoms with Crippen molar-refractivity contribution in [3.05, 3.63) is 70.2 Å². The number of carbonyl (C=O) groups is 1. The number of imidazole rings is 1. The predicted molar refractivity (Wildman–Crippen MR) is 114 cm³/mol. The third kappa shape index (κ3) is 4.06. The highest BCUT2D eigenvalue weighted by molar-refractivity contribution is 5.93. The van der Waals surface area contributed by atoms with Crippen LogP contribution in [-0.4, -0.2) is 25.9 Å². The van der Waals surface area contributed by atoms with E-state index in [0.29, 0.717) is 23.7 Å². The minimum Gasteiger partial charge on any atom is -0.348 e. The van der Waals surface area contributed by atoms with Gasteiger partial charge in [0.05, 0.1) is 5.69 Å². The lowest BCUT2D eigenvalue weighted by atomic mass is 10.1. The van der Waals surface area contributed by atoms with Gasteiger partial charge in [-0.15, -0.1) is 0 Å². The maximum Gasteiger partial charge on any atom is 0.295 e. The molecule has 1 saturated carbocycles. The quantitative estimate of drug-likeness (QED) is 0.631. The fraction of sp³-hybridized carbons (Fsp3) is 0.348. The number of allylic oxidation sites excluding steroid dienone is 2. The Morgan fingerprint density at radius 1 is 1.27 bits per heavy atom. The number of rotatable bonds is 6. The van der Waals surface area contributed by atoms with E-state index in [2.05, 4.69) is 10.3 Å². The van der Waals surface area contributed by atoms with E-state index < -0.39 is 0 Å². The van der Waals surface area contributed by atoms with Gasteiger partial charge >= 0.3 is 0 Å². The van der Waals surface area contributed by atoms with E-state index >= 15 is 0 Å². The van der Waals surface area contributed by atoms with Crippen molar-refractivity contribution in [3.63, 3.8) is 0 Å². The van der Waals surface area contributed by atoms with Crippen molar-refractivity contribution in [1.29, 1.82) is 0 Å². The second-order valence-electron chi connectivity index (χ2n) is 8.18. The molecule has 156 valence electrons. The fourth-order valence-electron chi connectivity index (χ4n) is 3.49. The van der Waals surface area contributed by atoms with Crippen LogP contribution in [0.4, 0.5) is 4.39 Å². The van der Waals surface area contributed by atoms with Crippen molar-refractivity contribution < 1.29 is 9.18 Å². The Morgan fingerprint density at radius 2 is 1.97 bits per heavy atom. The first-order valence-electron chi connectivity index (χ1n) is 10.2. The largest absolute Gasteiger partial charge is 0.348 e. The Morgan fingerprint density at radius 3 is 2.60 bits per heavy atom. The number of carbonyl (C=O) groups excluding carboxylic acids is 1. The first-order chi connectivity index (χ1) is 14.3. The Labute approximate surface area is 174 Å². The van der Waals surface area contributed by atoms with Crippen LogP contribution < -0.4 is 10.9 Å². The monoisotopic (exact) mass is 408 g/mol. The van der Waals surface area contributed by atoms with Gasteiger partial charge in [0, 0.05) is 25.0 Å². The first kappa shape index (κ1) is 20.1. The lowest BCUT2D eigenvalue weighted by Crippen LogP contribution is -2.34. The van der Waals surface area contributed by atoms with Gasteiger partial charge in [0.15, 0.2) is 0 Å². The van der Waals surface area contributed by atoms with Gasteiger partial charge in [0.2, 0.25) is 5.65 Å². The van der Waals surface area contributed by atoms with E-state index in [1.165, 1.54) is 12.1 Å². The fourth-order valence-corrected chi connectivity index (χ4v) is 3.49. The van der Waals surface area contributed by atoms with Gasteiger partial charge in [-0.1, -0.05) is 11.6 Å². The molecule has 7 heteroatoms. The summed E-state index contributed by atoms with van der Waals surface area (Å²) < 4.78 is 16.6. The Bertz CT molecular complexity index is 1180. The average Bonchev–Trinajstić information content (AvgIpc) is 3.47. The van der Waals surface area contributed by atoms with Gasteiger partial charge in [-0.25, -0.2) is 9.37 Å². The van der Waals surface area contributed by atoms with Gasteiger partial charge in [-0.05, 0) is 69.4 Å². The molecule has 3 aromatic rings. The van der Waals surface area contributed by atoms with E-state index in [1.54, 1.807) is 33.5 Å². The van der Waals surface area contributed by atoms with E-state index in [4.69, 9.17) is 0 Å². The Hall–Kier alpha value is -3.22. The summed E-state index contributed by atoms with van der Waals surface area (Å²) >= 11 is 0. The zero-order chi connectivity index (χ0) is 21.4. The van der Waals surface area contributed by atoms with Crippen molar-refractivity contribution in [3.8, 4) is 11.3 Å². The molecule has 2 heterocycles. The molecule has 4 rings (SSSR count). The Kier molecular flexibility index (Phi) is 5.28. The average molecular weight is 408 g/mol. The summed E-state index contributed by atoms with van der Waals surface area (Å²) in [4.78, 5) is 30.2. The lowest BCUT2D eigenvalue weighted by molar-refractivity contribution is 0.0931. The van der Waals surface area contributed by atoms with Crippen LogP contribution in [-0.2, 0) is 6.54 Å². The molecule has 1 atom stereocenters. The van der Waals surface area contributed by atoms with Crippen LogP contribution in [0.25, 0.3) is 16.9 Å². The van der Waals surface area contributed by atoms with Crippen LogP contribution in [0.3, 0.4) is 0 Å². The third-order valence-corrected chi connectivity index (χ3v) is 5.46. The van der Waals surface area contributed by atoms with Gasteiger partial charge in [0.25, 0.3) is 11.5 Å². The van der Waals surface area contributed by atoms with Crippen LogP contribution in [0.1, 0.15) is 44.1 Å². The zero-order valence-electron chi connectivity index (χ0n) is 17.4. The van der Waals surface area contributed by atoms with Crippen molar-refractivity contribution in [2.75, 3.05) is 0 Å². The number of aromatic nitrogens is 3. The SMILES string of the molecule is CC(C)=CCn1c(-c2ccc(F)cc2)cn2cc(C(=O)N[C@@H](C)C3CC3)nc2c1=O. The van der Waals surface area contributed by atoms with E-state index in [0.717, 1.165) is 18.4 Å². The molecule has 1 aromatic carbocycles. The maximum atomic E-state index is 13.4. The molecule has 0 spiro atoms. The molecule has 1 amide bonds. The number of fused-ring (bicyclic) bond motifs is 1. The Balaban J connectivity index is 1.79. The number of nitrogens with zero attached hydrogens (tertiary/aromatic N) is 3. The molecule has 30 heavy (non-hydrogen) atoms. The summed E-state index contributed by atoms with van der Waals surface area (Å²) in [5.41, 5.74) is 2.50. The third-order valence-electron chi connectivity index (χ3n) is 5.46. The van der Waals surface area contributed by atoms with Crippen LogP contribution in [0.5, 0.6) is 0 Å². The summed E-state index contributed by atoms with van der Waals surface area (Å²) in [6.45, 7) is 6.27. The molecule has 0 radical (unpaired) electrons. The van der Waals surface area contributed by atoms with Crippen LogP contribution in [0.2, 0.25) is 0 Å². The summed E-state index contributed by atoms with van der Waals surface area (Å²) in [6.07, 6.45) is 7.53. The van der Waals surface area contributed by atoms with Gasteiger partial charge in [-0.2, -0.15) is 0 Å². The topological polar surface area (TPSA) is 68.4 Å². The second kappa shape index (κ2) is 7.89. The molecule has 1 aliphatic carbocycles. The minimum absolute atomic E-state index is 0.0893. The molecule has 1 fully saturated rings. The van der Waals surface area contributed by atoms with Crippen molar-refractivity contribution in [2.24, 2.45) is 5.92 Å². The zero-order valence-corrected chi connectivity index (χ0v) is 17.4. The molecular weight excluding hydrogens is 383 g/mol. The summed E-state index contributed by atoms with van der Waals surface area (Å²) in [5, 5.41) is 2.97. The summed E-state index contributed by atoms with van der Waals surface area (Å²) in [6, 6.07) is 6.09. The van der Waals surface area contributed by atoms with Crippen LogP contribution in [0.15, 0.2) is 53.1 Å². The standard InChI is InChI=1S/C23H25FN4O2/c1-14(2)10-11-28-20(17-6-8-18(24)9-7-17)13-27-12-19(26-21(27)23(28)30)22(29)25-15(3)16-4-5-16/h6-10,12-13,15-16H,4-5,11H2,1-3H3,(H,25,29)/t15-/m0/s1. The second-order valence-corrected chi connectivity index (χ2v) is 8.18. The first-order valence-corrected chi connectivity index (χ1v) is 10.2. The van der Waals surface area contributed by atoms with Crippen LogP contribution >= 0.6 is 0 Å². The maximum absolute atomic E-state index is 13.4.